The number of nitrogen functional groups attached to an aromatic ring is 1. The maximum Gasteiger partial charge on any atom is 0.254 e. The predicted molar refractivity (Wildman–Crippen MR) is 100 cm³/mol. The summed E-state index contributed by atoms with van der Waals surface area (Å²) in [6.45, 7) is 3.88. The molecule has 0 aliphatic heterocycles. The fourth-order valence-corrected chi connectivity index (χ4v) is 3.90. The Bertz CT molecular complexity index is 981. The van der Waals surface area contributed by atoms with E-state index in [4.69, 9.17) is 16.5 Å². The van der Waals surface area contributed by atoms with Gasteiger partial charge in [0.05, 0.1) is 11.9 Å². The van der Waals surface area contributed by atoms with Crippen molar-refractivity contribution in [3.63, 3.8) is 0 Å². The van der Waals surface area contributed by atoms with Crippen molar-refractivity contribution >= 4 is 28.6 Å². The van der Waals surface area contributed by atoms with Crippen molar-refractivity contribution in [2.45, 2.75) is 45.4 Å². The smallest absolute Gasteiger partial charge is 0.254 e. The van der Waals surface area contributed by atoms with Gasteiger partial charge in [-0.05, 0) is 32.3 Å². The van der Waals surface area contributed by atoms with E-state index in [-0.39, 0.29) is 23.1 Å². The van der Waals surface area contributed by atoms with Crippen LogP contribution in [0.25, 0.3) is 16.9 Å². The Hall–Kier alpha value is -2.83. The van der Waals surface area contributed by atoms with Crippen LogP contribution in [0.3, 0.4) is 0 Å². The highest BCUT2D eigenvalue weighted by Gasteiger charge is 2.30. The summed E-state index contributed by atoms with van der Waals surface area (Å²) in [6, 6.07) is 0. The number of carbonyl (C=O) groups excluding carboxylic acids is 1. The van der Waals surface area contributed by atoms with Crippen LogP contribution in [0.15, 0.2) is 23.6 Å². The van der Waals surface area contributed by atoms with Crippen LogP contribution in [0.1, 0.15) is 61.5 Å². The minimum absolute atomic E-state index is 0.109. The van der Waals surface area contributed by atoms with Crippen LogP contribution in [-0.4, -0.2) is 25.5 Å². The summed E-state index contributed by atoms with van der Waals surface area (Å²) in [5, 5.41) is 10.2. The average Bonchev–Trinajstić information content (AvgIpc) is 2.82. The lowest BCUT2D eigenvalue weighted by Gasteiger charge is -2.25. The molecule has 0 aromatic carbocycles. The molecule has 1 unspecified atom stereocenters. The highest BCUT2D eigenvalue weighted by molar-refractivity contribution is 6.10. The minimum Gasteiger partial charge on any atom is -0.508 e. The Morgan fingerprint density at radius 3 is 2.73 bits per heavy atom. The molecule has 1 atom stereocenters. The van der Waals surface area contributed by atoms with Crippen LogP contribution in [0.5, 0.6) is 0 Å². The van der Waals surface area contributed by atoms with E-state index in [1.165, 1.54) is 6.42 Å². The maximum absolute atomic E-state index is 12.1. The van der Waals surface area contributed by atoms with E-state index in [2.05, 4.69) is 4.98 Å². The van der Waals surface area contributed by atoms with Gasteiger partial charge in [0, 0.05) is 23.1 Å². The Kier molecular flexibility index (Phi) is 3.75. The van der Waals surface area contributed by atoms with Gasteiger partial charge in [0.1, 0.15) is 22.7 Å². The van der Waals surface area contributed by atoms with E-state index < -0.39 is 5.91 Å². The molecule has 0 radical (unpaired) electrons. The van der Waals surface area contributed by atoms with Crippen LogP contribution >= 0.6 is 0 Å². The van der Waals surface area contributed by atoms with Crippen LogP contribution < -0.4 is 11.5 Å². The lowest BCUT2D eigenvalue weighted by Crippen LogP contribution is -2.17. The van der Waals surface area contributed by atoms with Gasteiger partial charge in [-0.15, -0.1) is 0 Å². The number of hydrogen-bond acceptors (Lipinski definition) is 5. The lowest BCUT2D eigenvalue weighted by atomic mass is 9.83. The number of rotatable bonds is 3. The molecule has 4 rings (SSSR count). The van der Waals surface area contributed by atoms with Crippen LogP contribution in [0.2, 0.25) is 0 Å². The number of fused-ring (bicyclic) bond motifs is 1. The zero-order valence-corrected chi connectivity index (χ0v) is 15.0. The van der Waals surface area contributed by atoms with Gasteiger partial charge in [0.2, 0.25) is 0 Å². The molecule has 26 heavy (non-hydrogen) atoms. The van der Waals surface area contributed by atoms with Gasteiger partial charge in [-0.1, -0.05) is 13.3 Å². The molecule has 7 heteroatoms. The molecular weight excluding hydrogens is 330 g/mol. The third kappa shape index (κ3) is 2.30. The first kappa shape index (κ1) is 16.6. The van der Waals surface area contributed by atoms with Crippen molar-refractivity contribution in [1.29, 1.82) is 0 Å². The molecule has 7 nitrogen and oxygen atoms in total. The molecule has 1 fully saturated rings. The number of amides is 1. The summed E-state index contributed by atoms with van der Waals surface area (Å²) in [5.41, 5.74) is 15.5. The normalized spacial score (nSPS) is 21.0. The molecule has 0 saturated heterocycles. The molecule has 1 saturated carbocycles. The number of aliphatic hydroxyl groups excluding tert-OH is 1. The standard InChI is InChI=1S/C19H23N5O2/c1-9-6-7-13(25)10(2)16(9)24-17(20)14(18(21)26)15-19(24)22-8-12(23-15)11-4-3-5-11/h7-9,11,25H,3-6,20H2,1-2H3,(H2,21,26). The molecule has 0 bridgehead atoms. The number of hydrogen-bond donors (Lipinski definition) is 3. The summed E-state index contributed by atoms with van der Waals surface area (Å²) in [7, 11) is 0. The van der Waals surface area contributed by atoms with Gasteiger partial charge in [0.15, 0.2) is 5.65 Å². The molecule has 2 aliphatic rings. The highest BCUT2D eigenvalue weighted by Crippen LogP contribution is 2.40. The zero-order valence-electron chi connectivity index (χ0n) is 15.0. The van der Waals surface area contributed by atoms with Crippen LogP contribution in [0.4, 0.5) is 5.82 Å². The third-order valence-electron chi connectivity index (χ3n) is 5.63. The van der Waals surface area contributed by atoms with Crippen LogP contribution in [0, 0.1) is 5.92 Å². The highest BCUT2D eigenvalue weighted by atomic mass is 16.3. The van der Waals surface area contributed by atoms with Crippen molar-refractivity contribution < 1.29 is 9.90 Å². The van der Waals surface area contributed by atoms with E-state index in [1.807, 2.05) is 13.8 Å². The van der Waals surface area contributed by atoms with Gasteiger partial charge < -0.3 is 16.6 Å². The second kappa shape index (κ2) is 5.86. The van der Waals surface area contributed by atoms with Gasteiger partial charge in [-0.25, -0.2) is 9.97 Å². The topological polar surface area (TPSA) is 120 Å². The number of aliphatic hydroxyl groups is 1. The van der Waals surface area contributed by atoms with Gasteiger partial charge in [-0.3, -0.25) is 9.36 Å². The summed E-state index contributed by atoms with van der Waals surface area (Å²) >= 11 is 0. The number of aromatic nitrogens is 3. The van der Waals surface area contributed by atoms with Crippen molar-refractivity contribution in [3.8, 4) is 0 Å². The number of carbonyl (C=O) groups is 1. The summed E-state index contributed by atoms with van der Waals surface area (Å²) in [5.74, 6) is 0.331. The predicted octanol–water partition coefficient (Wildman–Crippen LogP) is 3.09. The van der Waals surface area contributed by atoms with Crippen molar-refractivity contribution in [3.05, 3.63) is 34.9 Å². The Labute approximate surface area is 151 Å². The first-order valence-electron chi connectivity index (χ1n) is 8.97. The summed E-state index contributed by atoms with van der Waals surface area (Å²) < 4.78 is 1.73. The van der Waals surface area contributed by atoms with E-state index >= 15 is 0 Å². The molecule has 1 amide bonds. The lowest BCUT2D eigenvalue weighted by molar-refractivity contribution is 0.100. The summed E-state index contributed by atoms with van der Waals surface area (Å²) in [6.07, 6.45) is 7.60. The molecule has 136 valence electrons. The molecule has 2 aromatic heterocycles. The van der Waals surface area contributed by atoms with E-state index in [9.17, 15) is 9.90 Å². The molecule has 2 aliphatic carbocycles. The first-order valence-corrected chi connectivity index (χ1v) is 8.97. The number of nitrogens with two attached hydrogens (primary N) is 2. The molecule has 2 heterocycles. The second-order valence-electron chi connectivity index (χ2n) is 7.29. The van der Waals surface area contributed by atoms with Crippen LogP contribution in [-0.2, 0) is 0 Å². The van der Waals surface area contributed by atoms with E-state index in [0.717, 1.165) is 24.2 Å². The number of nitrogens with zero attached hydrogens (tertiary/aromatic N) is 3. The average molecular weight is 353 g/mol. The monoisotopic (exact) mass is 353 g/mol. The fraction of sp³-hybridized carbons (Fsp3) is 0.421. The zero-order chi connectivity index (χ0) is 18.6. The van der Waals surface area contributed by atoms with Gasteiger partial charge in [-0.2, -0.15) is 0 Å². The molecule has 2 aromatic rings. The SMILES string of the molecule is CC1=C(n2c(N)c(C(N)=O)c3nc(C4CCC4)cnc32)C(C)CC=C1O. The summed E-state index contributed by atoms with van der Waals surface area (Å²) in [4.78, 5) is 21.4. The quantitative estimate of drug-likeness (QED) is 0.783. The van der Waals surface area contributed by atoms with Crippen molar-refractivity contribution in [1.82, 2.24) is 14.5 Å². The molecule has 5 N–H and O–H groups in total. The largest absolute Gasteiger partial charge is 0.508 e. The minimum atomic E-state index is -0.618. The molecule has 0 spiro atoms. The first-order chi connectivity index (χ1) is 12.4. The number of primary amides is 1. The van der Waals surface area contributed by atoms with Gasteiger partial charge >= 0.3 is 0 Å². The van der Waals surface area contributed by atoms with E-state index in [1.54, 1.807) is 16.8 Å². The third-order valence-corrected chi connectivity index (χ3v) is 5.63. The van der Waals surface area contributed by atoms with Crippen molar-refractivity contribution in [2.24, 2.45) is 11.7 Å². The van der Waals surface area contributed by atoms with Crippen molar-refractivity contribution in [2.75, 3.05) is 5.73 Å². The Balaban J connectivity index is 2.01. The number of anilines is 1. The van der Waals surface area contributed by atoms with Gasteiger partial charge in [0.25, 0.3) is 5.91 Å². The molecular formula is C19H23N5O2. The second-order valence-corrected chi connectivity index (χ2v) is 7.29. The Morgan fingerprint density at radius 2 is 2.12 bits per heavy atom. The Morgan fingerprint density at radius 1 is 1.38 bits per heavy atom. The number of allylic oxidation sites excluding steroid dienone is 3. The maximum atomic E-state index is 12.1. The fourth-order valence-electron chi connectivity index (χ4n) is 3.90. The van der Waals surface area contributed by atoms with E-state index in [0.29, 0.717) is 29.1 Å².